The van der Waals surface area contributed by atoms with Gasteiger partial charge in [0.25, 0.3) is 0 Å². The lowest BCUT2D eigenvalue weighted by Gasteiger charge is -2.03. The SMILES string of the molecule is CSc1nnc(C)c2c(C)n(-c3ccc(Cl)cc3)nc12. The van der Waals surface area contributed by atoms with Crippen molar-refractivity contribution < 1.29 is 0 Å². The number of aromatic nitrogens is 4. The van der Waals surface area contributed by atoms with E-state index in [1.165, 1.54) is 0 Å². The molecule has 3 rings (SSSR count). The van der Waals surface area contributed by atoms with E-state index in [9.17, 15) is 0 Å². The molecule has 6 heteroatoms. The first-order valence-electron chi connectivity index (χ1n) is 6.14. The number of aryl methyl sites for hydroxylation is 2. The Kier molecular flexibility index (Phi) is 3.40. The summed E-state index contributed by atoms with van der Waals surface area (Å²) in [6.45, 7) is 4.00. The van der Waals surface area contributed by atoms with Gasteiger partial charge in [0.1, 0.15) is 10.5 Å². The Morgan fingerprint density at radius 2 is 1.80 bits per heavy atom. The molecule has 0 fully saturated rings. The van der Waals surface area contributed by atoms with Crippen LogP contribution in [0.4, 0.5) is 0 Å². The fourth-order valence-electron chi connectivity index (χ4n) is 2.27. The molecule has 0 spiro atoms. The van der Waals surface area contributed by atoms with Crippen molar-refractivity contribution in [3.8, 4) is 5.69 Å². The smallest absolute Gasteiger partial charge is 0.147 e. The number of thioether (sulfide) groups is 1. The van der Waals surface area contributed by atoms with Crippen LogP contribution < -0.4 is 0 Å². The monoisotopic (exact) mass is 304 g/mol. The molecule has 0 amide bonds. The summed E-state index contributed by atoms with van der Waals surface area (Å²) in [5.74, 6) is 0. The van der Waals surface area contributed by atoms with E-state index in [1.54, 1.807) is 11.8 Å². The topological polar surface area (TPSA) is 43.6 Å². The fraction of sp³-hybridized carbons (Fsp3) is 0.214. The average molecular weight is 305 g/mol. The van der Waals surface area contributed by atoms with Crippen molar-refractivity contribution in [1.82, 2.24) is 20.0 Å². The summed E-state index contributed by atoms with van der Waals surface area (Å²) in [5, 5.41) is 15.7. The van der Waals surface area contributed by atoms with Gasteiger partial charge in [0.2, 0.25) is 0 Å². The Bertz CT molecular complexity index is 780. The van der Waals surface area contributed by atoms with Gasteiger partial charge in [-0.2, -0.15) is 10.2 Å². The highest BCUT2D eigenvalue weighted by Gasteiger charge is 2.16. The largest absolute Gasteiger partial charge is 0.237 e. The van der Waals surface area contributed by atoms with E-state index in [-0.39, 0.29) is 0 Å². The summed E-state index contributed by atoms with van der Waals surface area (Å²) >= 11 is 7.49. The van der Waals surface area contributed by atoms with Crippen molar-refractivity contribution >= 4 is 34.3 Å². The first-order chi connectivity index (χ1) is 9.61. The molecule has 0 unspecified atom stereocenters. The molecule has 0 bridgehead atoms. The third-order valence-electron chi connectivity index (χ3n) is 3.24. The third kappa shape index (κ3) is 2.07. The summed E-state index contributed by atoms with van der Waals surface area (Å²) in [7, 11) is 0. The zero-order valence-electron chi connectivity index (χ0n) is 11.4. The minimum Gasteiger partial charge on any atom is -0.237 e. The quantitative estimate of drug-likeness (QED) is 0.675. The van der Waals surface area contributed by atoms with Crippen LogP contribution in [-0.2, 0) is 0 Å². The summed E-state index contributed by atoms with van der Waals surface area (Å²) in [6.07, 6.45) is 1.98. The van der Waals surface area contributed by atoms with Crippen LogP contribution in [0.2, 0.25) is 5.02 Å². The van der Waals surface area contributed by atoms with Crippen LogP contribution in [0.25, 0.3) is 16.6 Å². The first kappa shape index (κ1) is 13.4. The normalized spacial score (nSPS) is 11.2. The molecule has 0 aliphatic heterocycles. The van der Waals surface area contributed by atoms with Crippen molar-refractivity contribution in [2.45, 2.75) is 18.9 Å². The highest BCUT2D eigenvalue weighted by Crippen LogP contribution is 2.28. The number of benzene rings is 1. The van der Waals surface area contributed by atoms with E-state index >= 15 is 0 Å². The standard InChI is InChI=1S/C14H13ClN4S/c1-8-12-9(2)19(11-6-4-10(15)5-7-11)18-13(12)14(20-3)17-16-8/h4-7H,1-3H3. The third-order valence-corrected chi connectivity index (χ3v) is 4.15. The summed E-state index contributed by atoms with van der Waals surface area (Å²) in [4.78, 5) is 0. The van der Waals surface area contributed by atoms with Crippen molar-refractivity contribution in [2.24, 2.45) is 0 Å². The number of rotatable bonds is 2. The lowest BCUT2D eigenvalue weighted by Crippen LogP contribution is -1.98. The van der Waals surface area contributed by atoms with Crippen LogP contribution in [-0.4, -0.2) is 26.2 Å². The van der Waals surface area contributed by atoms with E-state index in [0.717, 1.165) is 33.0 Å². The second-order valence-electron chi connectivity index (χ2n) is 4.49. The van der Waals surface area contributed by atoms with Gasteiger partial charge in [-0.3, -0.25) is 0 Å². The van der Waals surface area contributed by atoms with Crippen LogP contribution in [0.1, 0.15) is 11.4 Å². The molecule has 1 aromatic carbocycles. The van der Waals surface area contributed by atoms with Gasteiger partial charge < -0.3 is 0 Å². The molecule has 2 aromatic heterocycles. The average Bonchev–Trinajstić information content (AvgIpc) is 2.79. The second kappa shape index (κ2) is 5.07. The van der Waals surface area contributed by atoms with Gasteiger partial charge in [0, 0.05) is 10.4 Å². The molecule has 2 heterocycles. The minimum absolute atomic E-state index is 0.715. The Morgan fingerprint density at radius 1 is 1.10 bits per heavy atom. The molecule has 0 saturated heterocycles. The van der Waals surface area contributed by atoms with Gasteiger partial charge in [0.15, 0.2) is 0 Å². The van der Waals surface area contributed by atoms with E-state index in [2.05, 4.69) is 10.2 Å². The van der Waals surface area contributed by atoms with E-state index in [1.807, 2.05) is 49.1 Å². The highest BCUT2D eigenvalue weighted by atomic mass is 35.5. The number of hydrogen-bond donors (Lipinski definition) is 0. The zero-order valence-corrected chi connectivity index (χ0v) is 13.0. The lowest BCUT2D eigenvalue weighted by molar-refractivity contribution is 0.852. The fourth-order valence-corrected chi connectivity index (χ4v) is 2.86. The molecule has 102 valence electrons. The van der Waals surface area contributed by atoms with Crippen LogP contribution in [0.15, 0.2) is 29.3 Å². The van der Waals surface area contributed by atoms with Crippen LogP contribution >= 0.6 is 23.4 Å². The van der Waals surface area contributed by atoms with Crippen molar-refractivity contribution in [2.75, 3.05) is 6.26 Å². The lowest BCUT2D eigenvalue weighted by atomic mass is 10.2. The number of fused-ring (bicyclic) bond motifs is 1. The van der Waals surface area contributed by atoms with E-state index in [0.29, 0.717) is 5.02 Å². The maximum absolute atomic E-state index is 5.94. The van der Waals surface area contributed by atoms with Gasteiger partial charge >= 0.3 is 0 Å². The molecule has 3 aromatic rings. The highest BCUT2D eigenvalue weighted by molar-refractivity contribution is 7.98. The Balaban J connectivity index is 2.30. The number of hydrogen-bond acceptors (Lipinski definition) is 4. The second-order valence-corrected chi connectivity index (χ2v) is 5.72. The predicted octanol–water partition coefficient (Wildman–Crippen LogP) is 3.81. The van der Waals surface area contributed by atoms with Gasteiger partial charge in [-0.25, -0.2) is 4.68 Å². The molecule has 0 radical (unpaired) electrons. The minimum atomic E-state index is 0.715. The summed E-state index contributed by atoms with van der Waals surface area (Å²) in [6, 6.07) is 7.63. The van der Waals surface area contributed by atoms with Gasteiger partial charge in [-0.05, 0) is 44.4 Å². The molecular formula is C14H13ClN4S. The summed E-state index contributed by atoms with van der Waals surface area (Å²) < 4.78 is 1.91. The van der Waals surface area contributed by atoms with Gasteiger partial charge in [-0.15, -0.1) is 16.9 Å². The maximum atomic E-state index is 5.94. The molecule has 0 saturated carbocycles. The van der Waals surface area contributed by atoms with Crippen LogP contribution in [0, 0.1) is 13.8 Å². The first-order valence-corrected chi connectivity index (χ1v) is 7.74. The molecule has 0 atom stereocenters. The Labute approximate surface area is 126 Å². The van der Waals surface area contributed by atoms with Crippen molar-refractivity contribution in [1.29, 1.82) is 0 Å². The van der Waals surface area contributed by atoms with E-state index < -0.39 is 0 Å². The zero-order chi connectivity index (χ0) is 14.3. The number of nitrogens with zero attached hydrogens (tertiary/aromatic N) is 4. The van der Waals surface area contributed by atoms with E-state index in [4.69, 9.17) is 16.7 Å². The van der Waals surface area contributed by atoms with Gasteiger partial charge in [0.05, 0.1) is 17.1 Å². The van der Waals surface area contributed by atoms with Crippen LogP contribution in [0.5, 0.6) is 0 Å². The summed E-state index contributed by atoms with van der Waals surface area (Å²) in [5.41, 5.74) is 3.84. The molecule has 0 aliphatic carbocycles. The molecule has 4 nitrogen and oxygen atoms in total. The molecule has 0 aliphatic rings. The number of halogens is 1. The Hall–Kier alpha value is -1.59. The molecule has 0 N–H and O–H groups in total. The molecular weight excluding hydrogens is 292 g/mol. The maximum Gasteiger partial charge on any atom is 0.147 e. The van der Waals surface area contributed by atoms with Crippen LogP contribution in [0.3, 0.4) is 0 Å². The molecule has 20 heavy (non-hydrogen) atoms. The van der Waals surface area contributed by atoms with Crippen molar-refractivity contribution in [3.63, 3.8) is 0 Å². The van der Waals surface area contributed by atoms with Crippen molar-refractivity contribution in [3.05, 3.63) is 40.7 Å². The Morgan fingerprint density at radius 3 is 2.45 bits per heavy atom. The van der Waals surface area contributed by atoms with Gasteiger partial charge in [-0.1, -0.05) is 11.6 Å². The predicted molar refractivity (Wildman–Crippen MR) is 82.9 cm³/mol.